The monoisotopic (exact) mass is 182 g/mol. The second-order valence-electron chi connectivity index (χ2n) is 2.14. The van der Waals surface area contributed by atoms with E-state index in [1.54, 1.807) is 22.7 Å². The van der Waals surface area contributed by atoms with E-state index in [-0.39, 0.29) is 0 Å². The van der Waals surface area contributed by atoms with E-state index in [1.165, 1.54) is 4.88 Å². The van der Waals surface area contributed by atoms with Gasteiger partial charge < -0.3 is 0 Å². The summed E-state index contributed by atoms with van der Waals surface area (Å²) in [6, 6.07) is 0. The number of thiazole rings is 2. The second-order valence-corrected chi connectivity index (χ2v) is 3.71. The molecule has 0 bridgehead atoms. The van der Waals surface area contributed by atoms with E-state index in [9.17, 15) is 0 Å². The largest absolute Gasteiger partial charge is 0.249 e. The maximum absolute atomic E-state index is 4.21. The maximum Gasteiger partial charge on any atom is 0.0929 e. The topological polar surface area (TPSA) is 25.8 Å². The van der Waals surface area contributed by atoms with Crippen LogP contribution in [0.5, 0.6) is 0 Å². The van der Waals surface area contributed by atoms with Crippen molar-refractivity contribution in [1.29, 1.82) is 0 Å². The van der Waals surface area contributed by atoms with Gasteiger partial charge in [0.25, 0.3) is 0 Å². The van der Waals surface area contributed by atoms with Gasteiger partial charge in [-0.05, 0) is 6.92 Å². The molecular formula is C7H6N2S2. The quantitative estimate of drug-likeness (QED) is 0.677. The molecule has 0 radical (unpaired) electrons. The Hall–Kier alpha value is -0.740. The summed E-state index contributed by atoms with van der Waals surface area (Å²) in [4.78, 5) is 9.55. The number of hydrogen-bond donors (Lipinski definition) is 0. The van der Waals surface area contributed by atoms with Gasteiger partial charge >= 0.3 is 0 Å². The average molecular weight is 182 g/mol. The van der Waals surface area contributed by atoms with Gasteiger partial charge in [-0.2, -0.15) is 0 Å². The first kappa shape index (κ1) is 6.94. The minimum atomic E-state index is 1.05. The Labute approximate surface area is 72.6 Å². The lowest BCUT2D eigenvalue weighted by molar-refractivity contribution is 1.26. The van der Waals surface area contributed by atoms with Gasteiger partial charge in [0, 0.05) is 5.38 Å². The van der Waals surface area contributed by atoms with Crippen LogP contribution in [-0.2, 0) is 0 Å². The molecule has 4 heteroatoms. The van der Waals surface area contributed by atoms with Crippen molar-refractivity contribution in [2.75, 3.05) is 0 Å². The van der Waals surface area contributed by atoms with Crippen molar-refractivity contribution in [3.63, 3.8) is 0 Å². The molecule has 0 atom stereocenters. The summed E-state index contributed by atoms with van der Waals surface area (Å²) >= 11 is 3.25. The average Bonchev–Trinajstić information content (AvgIpc) is 2.55. The van der Waals surface area contributed by atoms with Crippen molar-refractivity contribution in [2.24, 2.45) is 0 Å². The van der Waals surface area contributed by atoms with Gasteiger partial charge in [-0.1, -0.05) is 0 Å². The van der Waals surface area contributed by atoms with E-state index in [2.05, 4.69) is 9.97 Å². The van der Waals surface area contributed by atoms with Gasteiger partial charge in [-0.3, -0.25) is 0 Å². The molecule has 0 N–H and O–H groups in total. The highest BCUT2D eigenvalue weighted by molar-refractivity contribution is 7.14. The Bertz CT molecular complexity index is 337. The van der Waals surface area contributed by atoms with Crippen LogP contribution in [0.4, 0.5) is 0 Å². The van der Waals surface area contributed by atoms with E-state index in [4.69, 9.17) is 0 Å². The SMILES string of the molecule is Cc1ncsc1-c1cscn1. The summed E-state index contributed by atoms with van der Waals surface area (Å²) in [6.07, 6.45) is 0. The Morgan fingerprint density at radius 2 is 2.18 bits per heavy atom. The molecule has 56 valence electrons. The van der Waals surface area contributed by atoms with Gasteiger partial charge in [0.1, 0.15) is 0 Å². The standard InChI is InChI=1S/C7H6N2S2/c1-5-7(11-4-8-5)6-2-10-3-9-6/h2-4H,1H3. The lowest BCUT2D eigenvalue weighted by atomic mass is 10.3. The van der Waals surface area contributed by atoms with Crippen LogP contribution in [0.2, 0.25) is 0 Å². The predicted octanol–water partition coefficient (Wildman–Crippen LogP) is 2.58. The van der Waals surface area contributed by atoms with Gasteiger partial charge in [0.2, 0.25) is 0 Å². The highest BCUT2D eigenvalue weighted by Crippen LogP contribution is 2.26. The molecule has 2 aromatic heterocycles. The Morgan fingerprint density at radius 3 is 2.73 bits per heavy atom. The first-order chi connectivity index (χ1) is 5.38. The van der Waals surface area contributed by atoms with E-state index in [0.29, 0.717) is 0 Å². The minimum Gasteiger partial charge on any atom is -0.249 e. The molecule has 0 aromatic carbocycles. The highest BCUT2D eigenvalue weighted by Gasteiger charge is 2.04. The number of rotatable bonds is 1. The van der Waals surface area contributed by atoms with Gasteiger partial charge in [0.15, 0.2) is 0 Å². The van der Waals surface area contributed by atoms with Crippen LogP contribution in [-0.4, -0.2) is 9.97 Å². The predicted molar refractivity (Wildman–Crippen MR) is 48.0 cm³/mol. The van der Waals surface area contributed by atoms with Gasteiger partial charge in [0.05, 0.1) is 27.3 Å². The van der Waals surface area contributed by atoms with Crippen molar-refractivity contribution in [3.8, 4) is 10.6 Å². The lowest BCUT2D eigenvalue weighted by Crippen LogP contribution is -1.75. The molecular weight excluding hydrogens is 176 g/mol. The highest BCUT2D eigenvalue weighted by atomic mass is 32.1. The van der Waals surface area contributed by atoms with Crippen LogP contribution in [0.15, 0.2) is 16.4 Å². The van der Waals surface area contributed by atoms with Gasteiger partial charge in [-0.15, -0.1) is 22.7 Å². The molecule has 0 amide bonds. The van der Waals surface area contributed by atoms with E-state index < -0.39 is 0 Å². The first-order valence-corrected chi connectivity index (χ1v) is 4.99. The summed E-state index contributed by atoms with van der Waals surface area (Å²) in [7, 11) is 0. The molecule has 0 unspecified atom stereocenters. The van der Waals surface area contributed by atoms with E-state index in [1.807, 2.05) is 23.3 Å². The molecule has 2 aromatic rings. The molecule has 2 rings (SSSR count). The van der Waals surface area contributed by atoms with Crippen molar-refractivity contribution < 1.29 is 0 Å². The van der Waals surface area contributed by atoms with Crippen LogP contribution in [0.25, 0.3) is 10.6 Å². The number of nitrogens with zero attached hydrogens (tertiary/aromatic N) is 2. The van der Waals surface area contributed by atoms with Crippen molar-refractivity contribution >= 4 is 22.7 Å². The van der Waals surface area contributed by atoms with Crippen molar-refractivity contribution in [3.05, 3.63) is 22.1 Å². The normalized spacial score (nSPS) is 10.3. The number of aromatic nitrogens is 2. The van der Waals surface area contributed by atoms with Crippen molar-refractivity contribution in [2.45, 2.75) is 6.92 Å². The summed E-state index contributed by atoms with van der Waals surface area (Å²) < 4.78 is 0. The zero-order valence-corrected chi connectivity index (χ0v) is 7.58. The third-order valence-corrected chi connectivity index (χ3v) is 2.95. The third-order valence-electron chi connectivity index (χ3n) is 1.41. The smallest absolute Gasteiger partial charge is 0.0929 e. The minimum absolute atomic E-state index is 1.05. The van der Waals surface area contributed by atoms with Crippen molar-refractivity contribution in [1.82, 2.24) is 9.97 Å². The molecule has 0 aliphatic carbocycles. The molecule has 11 heavy (non-hydrogen) atoms. The fourth-order valence-electron chi connectivity index (χ4n) is 0.872. The number of hydrogen-bond acceptors (Lipinski definition) is 4. The Kier molecular flexibility index (Phi) is 1.71. The molecule has 2 heterocycles. The van der Waals surface area contributed by atoms with Crippen LogP contribution in [0.3, 0.4) is 0 Å². The molecule has 2 nitrogen and oxygen atoms in total. The van der Waals surface area contributed by atoms with E-state index >= 15 is 0 Å². The second kappa shape index (κ2) is 2.71. The van der Waals surface area contributed by atoms with Gasteiger partial charge in [-0.25, -0.2) is 9.97 Å². The van der Waals surface area contributed by atoms with Crippen LogP contribution >= 0.6 is 22.7 Å². The summed E-state index contributed by atoms with van der Waals surface area (Å²) in [6.45, 7) is 2.01. The fourth-order valence-corrected chi connectivity index (χ4v) is 2.26. The number of aryl methyl sites for hydroxylation is 1. The molecule has 0 aliphatic rings. The summed E-state index contributed by atoms with van der Waals surface area (Å²) in [5.74, 6) is 0. The third kappa shape index (κ3) is 1.19. The Morgan fingerprint density at radius 1 is 1.27 bits per heavy atom. The van der Waals surface area contributed by atoms with Crippen LogP contribution in [0.1, 0.15) is 5.69 Å². The first-order valence-electron chi connectivity index (χ1n) is 3.16. The van der Waals surface area contributed by atoms with Crippen LogP contribution < -0.4 is 0 Å². The lowest BCUT2D eigenvalue weighted by Gasteiger charge is -1.88. The summed E-state index contributed by atoms with van der Waals surface area (Å²) in [5.41, 5.74) is 5.81. The molecule has 0 saturated heterocycles. The zero-order chi connectivity index (χ0) is 7.68. The maximum atomic E-state index is 4.21. The molecule has 0 spiro atoms. The zero-order valence-electron chi connectivity index (χ0n) is 5.94. The Balaban J connectivity index is 2.53. The molecule has 0 aliphatic heterocycles. The molecule has 0 fully saturated rings. The van der Waals surface area contributed by atoms with Crippen LogP contribution in [0, 0.1) is 6.92 Å². The fraction of sp³-hybridized carbons (Fsp3) is 0.143. The summed E-state index contributed by atoms with van der Waals surface area (Å²) in [5, 5.41) is 2.04. The van der Waals surface area contributed by atoms with E-state index in [0.717, 1.165) is 11.4 Å². The molecule has 0 saturated carbocycles.